The van der Waals surface area contributed by atoms with Gasteiger partial charge in [0.2, 0.25) is 5.95 Å². The lowest BCUT2D eigenvalue weighted by molar-refractivity contribution is -0.274. The average Bonchev–Trinajstić information content (AvgIpc) is 2.53. The normalized spacial score (nSPS) is 11.0. The summed E-state index contributed by atoms with van der Waals surface area (Å²) in [5.41, 5.74) is 0.955. The number of hydrogen-bond acceptors (Lipinski definition) is 5. The SMILES string of the molecule is CCCNc1cc(C)nc(NC(=O)Nc2ccc(OC(F)(F)F)cc2)n1. The van der Waals surface area contributed by atoms with Crippen LogP contribution in [0.15, 0.2) is 30.3 Å². The standard InChI is InChI=1S/C16H18F3N5O2/c1-3-8-20-13-9-10(2)21-14(23-13)24-15(25)22-11-4-6-12(7-5-11)26-16(17,18)19/h4-7,9H,3,8H2,1-2H3,(H3,20,21,22,23,24,25). The number of benzene rings is 1. The molecule has 0 unspecified atom stereocenters. The lowest BCUT2D eigenvalue weighted by Crippen LogP contribution is -2.21. The van der Waals surface area contributed by atoms with Crippen molar-refractivity contribution < 1.29 is 22.7 Å². The number of aromatic nitrogens is 2. The predicted molar refractivity (Wildman–Crippen MR) is 91.3 cm³/mol. The second kappa shape index (κ2) is 8.37. The third-order valence-corrected chi connectivity index (χ3v) is 2.98. The Labute approximate surface area is 148 Å². The van der Waals surface area contributed by atoms with Crippen LogP contribution in [0.25, 0.3) is 0 Å². The first kappa shape index (κ1) is 19.3. The van der Waals surface area contributed by atoms with E-state index in [1.54, 1.807) is 13.0 Å². The fourth-order valence-corrected chi connectivity index (χ4v) is 1.97. The van der Waals surface area contributed by atoms with E-state index in [1.807, 2.05) is 6.92 Å². The average molecular weight is 369 g/mol. The van der Waals surface area contributed by atoms with Gasteiger partial charge in [-0.2, -0.15) is 4.98 Å². The number of halogens is 3. The monoisotopic (exact) mass is 369 g/mol. The molecule has 0 aliphatic rings. The number of carbonyl (C=O) groups excluding carboxylic acids is 1. The first-order chi connectivity index (χ1) is 12.2. The van der Waals surface area contributed by atoms with Crippen molar-refractivity contribution in [3.05, 3.63) is 36.0 Å². The van der Waals surface area contributed by atoms with E-state index in [1.165, 1.54) is 12.1 Å². The fraction of sp³-hybridized carbons (Fsp3) is 0.312. The summed E-state index contributed by atoms with van der Waals surface area (Å²) in [7, 11) is 0. The van der Waals surface area contributed by atoms with E-state index in [-0.39, 0.29) is 17.4 Å². The number of alkyl halides is 3. The van der Waals surface area contributed by atoms with Gasteiger partial charge in [0.1, 0.15) is 11.6 Å². The van der Waals surface area contributed by atoms with Crippen LogP contribution in [0.5, 0.6) is 5.75 Å². The van der Waals surface area contributed by atoms with Gasteiger partial charge in [-0.05, 0) is 37.6 Å². The van der Waals surface area contributed by atoms with E-state index >= 15 is 0 Å². The maximum absolute atomic E-state index is 12.1. The van der Waals surface area contributed by atoms with Crippen LogP contribution in [-0.4, -0.2) is 28.9 Å². The molecule has 2 amide bonds. The zero-order valence-electron chi connectivity index (χ0n) is 14.1. The number of nitrogens with zero attached hydrogens (tertiary/aromatic N) is 2. The van der Waals surface area contributed by atoms with Crippen molar-refractivity contribution in [3.63, 3.8) is 0 Å². The Bertz CT molecular complexity index is 751. The van der Waals surface area contributed by atoms with Crippen LogP contribution < -0.4 is 20.7 Å². The van der Waals surface area contributed by atoms with Gasteiger partial charge in [0.05, 0.1) is 0 Å². The summed E-state index contributed by atoms with van der Waals surface area (Å²) in [5, 5.41) is 8.05. The number of hydrogen-bond donors (Lipinski definition) is 3. The second-order valence-corrected chi connectivity index (χ2v) is 5.30. The Hall–Kier alpha value is -3.04. The van der Waals surface area contributed by atoms with Crippen LogP contribution in [0.2, 0.25) is 0 Å². The van der Waals surface area contributed by atoms with Crippen molar-refractivity contribution in [1.29, 1.82) is 0 Å². The molecule has 0 bridgehead atoms. The molecule has 1 aromatic heterocycles. The number of anilines is 3. The number of urea groups is 1. The number of nitrogens with one attached hydrogen (secondary N) is 3. The molecule has 1 heterocycles. The maximum atomic E-state index is 12.1. The molecule has 0 spiro atoms. The van der Waals surface area contributed by atoms with Crippen LogP contribution in [0.1, 0.15) is 19.0 Å². The van der Waals surface area contributed by atoms with Crippen LogP contribution >= 0.6 is 0 Å². The minimum absolute atomic E-state index is 0.109. The van der Waals surface area contributed by atoms with Gasteiger partial charge in [-0.15, -0.1) is 13.2 Å². The van der Waals surface area contributed by atoms with E-state index in [0.717, 1.165) is 25.1 Å². The molecule has 0 saturated carbocycles. The van der Waals surface area contributed by atoms with Gasteiger partial charge in [-0.3, -0.25) is 5.32 Å². The quantitative estimate of drug-likeness (QED) is 0.712. The highest BCUT2D eigenvalue weighted by Gasteiger charge is 2.30. The molecule has 0 fully saturated rings. The van der Waals surface area contributed by atoms with E-state index in [2.05, 4.69) is 30.7 Å². The Morgan fingerprint density at radius 3 is 2.46 bits per heavy atom. The zero-order valence-corrected chi connectivity index (χ0v) is 14.1. The molecular weight excluding hydrogens is 351 g/mol. The predicted octanol–water partition coefficient (Wildman–Crippen LogP) is 4.15. The summed E-state index contributed by atoms with van der Waals surface area (Å²) in [6.07, 6.45) is -3.85. The van der Waals surface area contributed by atoms with Crippen LogP contribution in [0.4, 0.5) is 35.4 Å². The minimum Gasteiger partial charge on any atom is -0.406 e. The summed E-state index contributed by atoms with van der Waals surface area (Å²) in [6, 6.07) is 5.88. The van der Waals surface area contributed by atoms with E-state index in [4.69, 9.17) is 0 Å². The number of aryl methyl sites for hydroxylation is 1. The van der Waals surface area contributed by atoms with Crippen molar-refractivity contribution in [1.82, 2.24) is 9.97 Å². The highest BCUT2D eigenvalue weighted by molar-refractivity contribution is 5.98. The van der Waals surface area contributed by atoms with Crippen molar-refractivity contribution in [2.24, 2.45) is 0 Å². The Morgan fingerprint density at radius 1 is 1.15 bits per heavy atom. The minimum atomic E-state index is -4.77. The summed E-state index contributed by atoms with van der Waals surface area (Å²) < 4.78 is 40.1. The zero-order chi connectivity index (χ0) is 19.2. The summed E-state index contributed by atoms with van der Waals surface area (Å²) in [6.45, 7) is 4.51. The van der Waals surface area contributed by atoms with Gasteiger partial charge < -0.3 is 15.4 Å². The van der Waals surface area contributed by atoms with E-state index < -0.39 is 12.4 Å². The first-order valence-corrected chi connectivity index (χ1v) is 7.78. The van der Waals surface area contributed by atoms with E-state index in [0.29, 0.717) is 11.5 Å². The third-order valence-electron chi connectivity index (χ3n) is 2.98. The molecule has 0 saturated heterocycles. The highest BCUT2D eigenvalue weighted by Crippen LogP contribution is 2.24. The summed E-state index contributed by atoms with van der Waals surface area (Å²) in [4.78, 5) is 20.3. The van der Waals surface area contributed by atoms with Crippen LogP contribution in [-0.2, 0) is 0 Å². The number of rotatable bonds is 6. The van der Waals surface area contributed by atoms with Crippen molar-refractivity contribution in [3.8, 4) is 5.75 Å². The van der Waals surface area contributed by atoms with Gasteiger partial charge >= 0.3 is 12.4 Å². The summed E-state index contributed by atoms with van der Waals surface area (Å²) in [5.74, 6) is 0.318. The third kappa shape index (κ3) is 6.46. The van der Waals surface area contributed by atoms with Gasteiger partial charge in [0.15, 0.2) is 0 Å². The lowest BCUT2D eigenvalue weighted by Gasteiger charge is -2.11. The molecule has 0 radical (unpaired) electrons. The Balaban J connectivity index is 1.97. The second-order valence-electron chi connectivity index (χ2n) is 5.30. The smallest absolute Gasteiger partial charge is 0.406 e. The lowest BCUT2D eigenvalue weighted by atomic mass is 10.3. The number of ether oxygens (including phenoxy) is 1. The molecule has 3 N–H and O–H groups in total. The van der Waals surface area contributed by atoms with Crippen molar-refractivity contribution >= 4 is 23.5 Å². The molecule has 0 aliphatic carbocycles. The van der Waals surface area contributed by atoms with Gasteiger partial charge in [0.25, 0.3) is 0 Å². The summed E-state index contributed by atoms with van der Waals surface area (Å²) >= 11 is 0. The molecule has 0 aliphatic heterocycles. The molecule has 10 heteroatoms. The van der Waals surface area contributed by atoms with Gasteiger partial charge in [-0.25, -0.2) is 9.78 Å². The molecule has 26 heavy (non-hydrogen) atoms. The van der Waals surface area contributed by atoms with Gasteiger partial charge in [-0.1, -0.05) is 6.92 Å². The molecule has 7 nitrogen and oxygen atoms in total. The van der Waals surface area contributed by atoms with Crippen LogP contribution in [0, 0.1) is 6.92 Å². The molecule has 0 atom stereocenters. The fourth-order valence-electron chi connectivity index (χ4n) is 1.97. The topological polar surface area (TPSA) is 88.2 Å². The first-order valence-electron chi connectivity index (χ1n) is 7.78. The maximum Gasteiger partial charge on any atom is 0.573 e. The van der Waals surface area contributed by atoms with Crippen molar-refractivity contribution in [2.75, 3.05) is 22.5 Å². The molecule has 1 aromatic carbocycles. The molecule has 2 rings (SSSR count). The molecular formula is C16H18F3N5O2. The van der Waals surface area contributed by atoms with Crippen molar-refractivity contribution in [2.45, 2.75) is 26.6 Å². The van der Waals surface area contributed by atoms with E-state index in [9.17, 15) is 18.0 Å². The van der Waals surface area contributed by atoms with Crippen LogP contribution in [0.3, 0.4) is 0 Å². The van der Waals surface area contributed by atoms with Gasteiger partial charge in [0, 0.05) is 24.0 Å². The number of amides is 2. The Morgan fingerprint density at radius 2 is 1.85 bits per heavy atom. The molecule has 140 valence electrons. The molecule has 2 aromatic rings. The number of carbonyl (C=O) groups is 1. The highest BCUT2D eigenvalue weighted by atomic mass is 19.4. The Kier molecular flexibility index (Phi) is 6.21. The largest absolute Gasteiger partial charge is 0.573 e.